The predicted molar refractivity (Wildman–Crippen MR) is 79.0 cm³/mol. The largest absolute Gasteiger partial charge is 0.324 e. The Morgan fingerprint density at radius 1 is 1.40 bits per heavy atom. The van der Waals surface area contributed by atoms with Crippen molar-refractivity contribution in [2.75, 3.05) is 32.0 Å². The van der Waals surface area contributed by atoms with Crippen LogP contribution in [0.4, 0.5) is 5.69 Å². The van der Waals surface area contributed by atoms with Crippen molar-refractivity contribution < 1.29 is 9.59 Å². The summed E-state index contributed by atoms with van der Waals surface area (Å²) in [5.74, 6) is -0.137. The van der Waals surface area contributed by atoms with Crippen molar-refractivity contribution in [3.63, 3.8) is 0 Å². The highest BCUT2D eigenvalue weighted by Crippen LogP contribution is 2.15. The normalized spacial score (nSPS) is 18.2. The number of benzene rings is 1. The number of hydrogen-bond acceptors (Lipinski definition) is 4. The molecule has 1 aliphatic rings. The SMILES string of the molecule is CC(=O)c1ccccc1NC(=O)CN(C)C1CCNC1. The monoisotopic (exact) mass is 275 g/mol. The molecule has 108 valence electrons. The molecule has 1 heterocycles. The Balaban J connectivity index is 1.96. The Bertz CT molecular complexity index is 496. The fraction of sp³-hybridized carbons (Fsp3) is 0.467. The number of carbonyl (C=O) groups is 2. The first-order valence-electron chi connectivity index (χ1n) is 6.88. The molecule has 1 amide bonds. The maximum atomic E-state index is 12.1. The third kappa shape index (κ3) is 3.65. The van der Waals surface area contributed by atoms with Gasteiger partial charge in [-0.1, -0.05) is 12.1 Å². The van der Waals surface area contributed by atoms with Crippen LogP contribution in [0.15, 0.2) is 24.3 Å². The summed E-state index contributed by atoms with van der Waals surface area (Å²) in [6.45, 7) is 3.76. The minimum atomic E-state index is -0.0897. The lowest BCUT2D eigenvalue weighted by Gasteiger charge is -2.22. The lowest BCUT2D eigenvalue weighted by atomic mass is 10.1. The van der Waals surface area contributed by atoms with Gasteiger partial charge in [0.15, 0.2) is 5.78 Å². The second-order valence-corrected chi connectivity index (χ2v) is 5.21. The number of Topliss-reactive ketones (excluding diaryl/α,β-unsaturated/α-hetero) is 1. The van der Waals surface area contributed by atoms with E-state index >= 15 is 0 Å². The van der Waals surface area contributed by atoms with Crippen LogP contribution in [0, 0.1) is 0 Å². The number of para-hydroxylation sites is 1. The van der Waals surface area contributed by atoms with Gasteiger partial charge in [0.2, 0.25) is 5.91 Å². The molecule has 5 nitrogen and oxygen atoms in total. The van der Waals surface area contributed by atoms with Gasteiger partial charge in [0.05, 0.1) is 12.2 Å². The van der Waals surface area contributed by atoms with E-state index in [0.717, 1.165) is 19.5 Å². The van der Waals surface area contributed by atoms with Crippen molar-refractivity contribution in [1.29, 1.82) is 0 Å². The summed E-state index contributed by atoms with van der Waals surface area (Å²) in [5.41, 5.74) is 1.13. The van der Waals surface area contributed by atoms with Crippen LogP contribution in [-0.4, -0.2) is 49.3 Å². The average Bonchev–Trinajstić information content (AvgIpc) is 2.92. The summed E-state index contributed by atoms with van der Waals surface area (Å²) in [5, 5.41) is 6.11. The molecule has 1 unspecified atom stereocenters. The zero-order chi connectivity index (χ0) is 14.5. The second kappa shape index (κ2) is 6.63. The van der Waals surface area contributed by atoms with Gasteiger partial charge in [0.1, 0.15) is 0 Å². The van der Waals surface area contributed by atoms with E-state index in [4.69, 9.17) is 0 Å². The molecular weight excluding hydrogens is 254 g/mol. The number of anilines is 1. The molecule has 2 rings (SSSR count). The van der Waals surface area contributed by atoms with Crippen LogP contribution in [0.3, 0.4) is 0 Å². The summed E-state index contributed by atoms with van der Waals surface area (Å²) < 4.78 is 0. The zero-order valence-electron chi connectivity index (χ0n) is 12.0. The Morgan fingerprint density at radius 3 is 2.80 bits per heavy atom. The molecule has 0 radical (unpaired) electrons. The minimum absolute atomic E-state index is 0.0470. The maximum absolute atomic E-state index is 12.1. The number of likely N-dealkylation sites (N-methyl/N-ethyl adjacent to an activating group) is 1. The summed E-state index contributed by atoms with van der Waals surface area (Å²) in [6, 6.07) is 7.49. The van der Waals surface area contributed by atoms with Gasteiger partial charge in [-0.25, -0.2) is 0 Å². The number of amides is 1. The van der Waals surface area contributed by atoms with E-state index in [0.29, 0.717) is 23.8 Å². The van der Waals surface area contributed by atoms with Gasteiger partial charge in [-0.15, -0.1) is 0 Å². The first-order valence-corrected chi connectivity index (χ1v) is 6.88. The Hall–Kier alpha value is -1.72. The van der Waals surface area contributed by atoms with Gasteiger partial charge in [-0.3, -0.25) is 14.5 Å². The summed E-state index contributed by atoms with van der Waals surface area (Å²) in [7, 11) is 1.95. The molecule has 1 aliphatic heterocycles. The Morgan fingerprint density at radius 2 is 2.15 bits per heavy atom. The molecular formula is C15H21N3O2. The molecule has 5 heteroatoms. The zero-order valence-corrected chi connectivity index (χ0v) is 12.0. The molecule has 0 bridgehead atoms. The van der Waals surface area contributed by atoms with Crippen molar-refractivity contribution in [2.45, 2.75) is 19.4 Å². The van der Waals surface area contributed by atoms with Crippen molar-refractivity contribution >= 4 is 17.4 Å². The number of nitrogens with zero attached hydrogens (tertiary/aromatic N) is 1. The predicted octanol–water partition coefficient (Wildman–Crippen LogP) is 1.12. The molecule has 1 fully saturated rings. The van der Waals surface area contributed by atoms with Gasteiger partial charge in [-0.05, 0) is 39.1 Å². The summed E-state index contributed by atoms with van der Waals surface area (Å²) in [6.07, 6.45) is 1.06. The fourth-order valence-corrected chi connectivity index (χ4v) is 2.46. The fourth-order valence-electron chi connectivity index (χ4n) is 2.46. The van der Waals surface area contributed by atoms with E-state index in [1.165, 1.54) is 6.92 Å². The van der Waals surface area contributed by atoms with E-state index in [2.05, 4.69) is 10.6 Å². The molecule has 2 N–H and O–H groups in total. The Labute approximate surface area is 119 Å². The van der Waals surface area contributed by atoms with Gasteiger partial charge in [0.25, 0.3) is 0 Å². The highest BCUT2D eigenvalue weighted by atomic mass is 16.2. The third-order valence-corrected chi connectivity index (χ3v) is 3.63. The first kappa shape index (κ1) is 14.7. The average molecular weight is 275 g/mol. The second-order valence-electron chi connectivity index (χ2n) is 5.21. The van der Waals surface area contributed by atoms with E-state index in [-0.39, 0.29) is 11.7 Å². The van der Waals surface area contributed by atoms with Gasteiger partial charge < -0.3 is 10.6 Å². The topological polar surface area (TPSA) is 61.4 Å². The highest BCUT2D eigenvalue weighted by Gasteiger charge is 2.21. The van der Waals surface area contributed by atoms with Crippen LogP contribution in [-0.2, 0) is 4.79 Å². The van der Waals surface area contributed by atoms with E-state index in [1.807, 2.05) is 18.0 Å². The van der Waals surface area contributed by atoms with Crippen LogP contribution in [0.5, 0.6) is 0 Å². The van der Waals surface area contributed by atoms with Crippen molar-refractivity contribution in [3.8, 4) is 0 Å². The molecule has 1 saturated heterocycles. The van der Waals surface area contributed by atoms with Gasteiger partial charge >= 0.3 is 0 Å². The number of rotatable bonds is 5. The van der Waals surface area contributed by atoms with E-state index in [9.17, 15) is 9.59 Å². The standard InChI is InChI=1S/C15H21N3O2/c1-11(19)13-5-3-4-6-14(13)17-15(20)10-18(2)12-7-8-16-9-12/h3-6,12,16H,7-10H2,1-2H3,(H,17,20). The molecule has 0 aliphatic carbocycles. The third-order valence-electron chi connectivity index (χ3n) is 3.63. The van der Waals surface area contributed by atoms with Crippen LogP contribution in [0.1, 0.15) is 23.7 Å². The number of nitrogens with one attached hydrogen (secondary N) is 2. The molecule has 1 aromatic carbocycles. The van der Waals surface area contributed by atoms with E-state index in [1.54, 1.807) is 18.2 Å². The number of hydrogen-bond donors (Lipinski definition) is 2. The van der Waals surface area contributed by atoms with Gasteiger partial charge in [0, 0.05) is 18.2 Å². The minimum Gasteiger partial charge on any atom is -0.324 e. The summed E-state index contributed by atoms with van der Waals surface area (Å²) in [4.78, 5) is 25.6. The number of carbonyl (C=O) groups excluding carboxylic acids is 2. The first-order chi connectivity index (χ1) is 9.58. The van der Waals surface area contributed by atoms with Crippen molar-refractivity contribution in [1.82, 2.24) is 10.2 Å². The van der Waals surface area contributed by atoms with Gasteiger partial charge in [-0.2, -0.15) is 0 Å². The smallest absolute Gasteiger partial charge is 0.238 e. The summed E-state index contributed by atoms with van der Waals surface area (Å²) >= 11 is 0. The molecule has 0 spiro atoms. The quantitative estimate of drug-likeness (QED) is 0.791. The number of ketones is 1. The van der Waals surface area contributed by atoms with Crippen LogP contribution in [0.25, 0.3) is 0 Å². The van der Waals surface area contributed by atoms with Crippen molar-refractivity contribution in [2.24, 2.45) is 0 Å². The lowest BCUT2D eigenvalue weighted by molar-refractivity contribution is -0.117. The van der Waals surface area contributed by atoms with Crippen molar-refractivity contribution in [3.05, 3.63) is 29.8 Å². The molecule has 20 heavy (non-hydrogen) atoms. The van der Waals surface area contributed by atoms with Crippen LogP contribution >= 0.6 is 0 Å². The van der Waals surface area contributed by atoms with Crippen LogP contribution in [0.2, 0.25) is 0 Å². The molecule has 1 aromatic rings. The van der Waals surface area contributed by atoms with E-state index < -0.39 is 0 Å². The lowest BCUT2D eigenvalue weighted by Crippen LogP contribution is -2.39. The highest BCUT2D eigenvalue weighted by molar-refractivity contribution is 6.04. The van der Waals surface area contributed by atoms with Crippen LogP contribution < -0.4 is 10.6 Å². The molecule has 0 aromatic heterocycles. The molecule has 1 atom stereocenters. The molecule has 0 saturated carbocycles. The maximum Gasteiger partial charge on any atom is 0.238 e. The Kier molecular flexibility index (Phi) is 4.87.